The van der Waals surface area contributed by atoms with Crippen LogP contribution in [0, 0.1) is 6.92 Å². The lowest BCUT2D eigenvalue weighted by Gasteiger charge is -2.07. The van der Waals surface area contributed by atoms with Crippen molar-refractivity contribution in [1.29, 1.82) is 0 Å². The van der Waals surface area contributed by atoms with Crippen LogP contribution in [0.4, 0.5) is 5.69 Å². The van der Waals surface area contributed by atoms with Gasteiger partial charge in [0.05, 0.1) is 9.09 Å². The number of thioether (sulfide) groups is 1. The molecule has 2 heterocycles. The smallest absolute Gasteiger partial charge is 0.265 e. The van der Waals surface area contributed by atoms with Crippen LogP contribution in [0.15, 0.2) is 34.5 Å². The minimum Gasteiger partial charge on any atom is -0.321 e. The van der Waals surface area contributed by atoms with E-state index in [9.17, 15) is 9.59 Å². The van der Waals surface area contributed by atoms with E-state index in [1.165, 1.54) is 11.3 Å². The third-order valence-electron chi connectivity index (χ3n) is 3.09. The summed E-state index contributed by atoms with van der Waals surface area (Å²) in [5.41, 5.74) is 2.63. The highest BCUT2D eigenvalue weighted by atomic mass is 32.2. The van der Waals surface area contributed by atoms with Crippen LogP contribution in [0.2, 0.25) is 0 Å². The zero-order valence-corrected chi connectivity index (χ0v) is 12.6. The van der Waals surface area contributed by atoms with Gasteiger partial charge >= 0.3 is 0 Å². The fourth-order valence-corrected chi connectivity index (χ4v) is 4.35. The first kappa shape index (κ1) is 13.4. The number of Topliss-reactive ketones (excluding diaryl/α,β-unsaturated/α-hetero) is 1. The van der Waals surface area contributed by atoms with E-state index in [-0.39, 0.29) is 11.7 Å². The molecule has 0 atom stereocenters. The van der Waals surface area contributed by atoms with Gasteiger partial charge in [-0.15, -0.1) is 23.1 Å². The molecule has 2 aromatic rings. The lowest BCUT2D eigenvalue weighted by Crippen LogP contribution is -2.10. The molecular weight excluding hydrogens is 290 g/mol. The second-order valence-electron chi connectivity index (χ2n) is 4.65. The van der Waals surface area contributed by atoms with Gasteiger partial charge in [0.25, 0.3) is 5.91 Å². The maximum Gasteiger partial charge on any atom is 0.265 e. The van der Waals surface area contributed by atoms with E-state index in [1.54, 1.807) is 17.8 Å². The number of nitrogens with one attached hydrogen (secondary N) is 1. The average Bonchev–Trinajstić information content (AvgIpc) is 2.87. The highest BCUT2D eigenvalue weighted by molar-refractivity contribution is 8.01. The molecule has 1 N–H and O–H groups in total. The highest BCUT2D eigenvalue weighted by Crippen LogP contribution is 2.37. The molecule has 3 nitrogen and oxygen atoms in total. The Morgan fingerprint density at radius 2 is 2.00 bits per heavy atom. The van der Waals surface area contributed by atoms with Crippen LogP contribution in [0.3, 0.4) is 0 Å². The molecule has 0 bridgehead atoms. The van der Waals surface area contributed by atoms with Crippen molar-refractivity contribution < 1.29 is 9.59 Å². The van der Waals surface area contributed by atoms with Crippen molar-refractivity contribution in [2.24, 2.45) is 0 Å². The number of hydrogen-bond acceptors (Lipinski definition) is 4. The van der Waals surface area contributed by atoms with Crippen LogP contribution in [0.5, 0.6) is 0 Å². The Kier molecular flexibility index (Phi) is 3.63. The third kappa shape index (κ3) is 2.64. The van der Waals surface area contributed by atoms with Crippen LogP contribution >= 0.6 is 23.1 Å². The average molecular weight is 303 g/mol. The molecule has 5 heteroatoms. The topological polar surface area (TPSA) is 46.2 Å². The van der Waals surface area contributed by atoms with Crippen LogP contribution in [0.1, 0.15) is 32.0 Å². The molecule has 0 radical (unpaired) electrons. The number of carbonyl (C=O) groups is 2. The van der Waals surface area contributed by atoms with Gasteiger partial charge in [0.1, 0.15) is 0 Å². The van der Waals surface area contributed by atoms with Crippen molar-refractivity contribution in [3.05, 3.63) is 46.3 Å². The predicted molar refractivity (Wildman–Crippen MR) is 83.1 cm³/mol. The summed E-state index contributed by atoms with van der Waals surface area (Å²) in [4.78, 5) is 24.6. The molecule has 0 spiro atoms. The molecule has 1 aromatic carbocycles. The molecular formula is C15H13NO2S2. The molecule has 102 valence electrons. The minimum atomic E-state index is -0.151. The number of hydrogen-bond donors (Lipinski definition) is 1. The normalized spacial score (nSPS) is 13.9. The summed E-state index contributed by atoms with van der Waals surface area (Å²) in [6, 6.07) is 9.38. The van der Waals surface area contributed by atoms with Crippen LogP contribution in [0.25, 0.3) is 0 Å². The number of ketones is 1. The van der Waals surface area contributed by atoms with Gasteiger partial charge in [0.15, 0.2) is 5.78 Å². The molecule has 1 aromatic heterocycles. The number of thiophene rings is 1. The van der Waals surface area contributed by atoms with E-state index < -0.39 is 0 Å². The molecule has 0 aliphatic carbocycles. The Morgan fingerprint density at radius 3 is 2.70 bits per heavy atom. The SMILES string of the molecule is Cc1ccc(NC(=O)c2cc3c(s2)SCCC3=O)cc1. The molecule has 3 rings (SSSR count). The zero-order chi connectivity index (χ0) is 14.1. The quantitative estimate of drug-likeness (QED) is 0.912. The van der Waals surface area contributed by atoms with Gasteiger partial charge in [-0.05, 0) is 25.1 Å². The number of fused-ring (bicyclic) bond motifs is 1. The highest BCUT2D eigenvalue weighted by Gasteiger charge is 2.23. The summed E-state index contributed by atoms with van der Waals surface area (Å²) in [5.74, 6) is 0.803. The monoisotopic (exact) mass is 303 g/mol. The van der Waals surface area contributed by atoms with E-state index in [1.807, 2.05) is 31.2 Å². The maximum absolute atomic E-state index is 12.2. The molecule has 1 amide bonds. The first-order chi connectivity index (χ1) is 9.63. The van der Waals surface area contributed by atoms with E-state index >= 15 is 0 Å². The number of benzene rings is 1. The number of aryl methyl sites for hydroxylation is 1. The molecule has 0 saturated carbocycles. The van der Waals surface area contributed by atoms with Gasteiger partial charge in [-0.25, -0.2) is 0 Å². The second-order valence-corrected chi connectivity index (χ2v) is 7.07. The van der Waals surface area contributed by atoms with Crippen molar-refractivity contribution in [3.63, 3.8) is 0 Å². The Bertz CT molecular complexity index is 674. The molecule has 0 saturated heterocycles. The van der Waals surface area contributed by atoms with E-state index in [4.69, 9.17) is 0 Å². The fourth-order valence-electron chi connectivity index (χ4n) is 1.99. The standard InChI is InChI=1S/C15H13NO2S2/c1-9-2-4-10(5-3-9)16-14(18)13-8-11-12(17)6-7-19-15(11)20-13/h2-5,8H,6-7H2,1H3,(H,16,18). The van der Waals surface area contributed by atoms with Crippen LogP contribution in [-0.4, -0.2) is 17.4 Å². The Labute approximate surface area is 125 Å². The van der Waals surface area contributed by atoms with Crippen molar-refractivity contribution in [2.45, 2.75) is 17.6 Å². The second kappa shape index (κ2) is 5.42. The summed E-state index contributed by atoms with van der Waals surface area (Å²) in [6.07, 6.45) is 0.563. The molecule has 0 fully saturated rings. The zero-order valence-electron chi connectivity index (χ0n) is 10.9. The number of amides is 1. The Balaban J connectivity index is 1.81. The number of carbonyl (C=O) groups excluding carboxylic acids is 2. The van der Waals surface area contributed by atoms with Gasteiger partial charge < -0.3 is 5.32 Å². The number of anilines is 1. The summed E-state index contributed by atoms with van der Waals surface area (Å²) >= 11 is 3.06. The van der Waals surface area contributed by atoms with E-state index in [0.717, 1.165) is 21.2 Å². The number of rotatable bonds is 2. The Hall–Kier alpha value is -1.59. The predicted octanol–water partition coefficient (Wildman–Crippen LogP) is 3.99. The summed E-state index contributed by atoms with van der Waals surface area (Å²) < 4.78 is 0.968. The minimum absolute atomic E-state index is 0.143. The summed E-state index contributed by atoms with van der Waals surface area (Å²) in [5, 5.41) is 2.86. The van der Waals surface area contributed by atoms with E-state index in [2.05, 4.69) is 5.32 Å². The van der Waals surface area contributed by atoms with Crippen molar-refractivity contribution >= 4 is 40.5 Å². The summed E-state index contributed by atoms with van der Waals surface area (Å²) in [7, 11) is 0. The molecule has 1 aliphatic heterocycles. The van der Waals surface area contributed by atoms with Crippen molar-refractivity contribution in [3.8, 4) is 0 Å². The van der Waals surface area contributed by atoms with E-state index in [0.29, 0.717) is 16.9 Å². The van der Waals surface area contributed by atoms with Gasteiger partial charge in [0, 0.05) is 23.4 Å². The lowest BCUT2D eigenvalue weighted by molar-refractivity contribution is 0.0985. The largest absolute Gasteiger partial charge is 0.321 e. The van der Waals surface area contributed by atoms with Gasteiger partial charge in [0.2, 0.25) is 0 Å². The van der Waals surface area contributed by atoms with Gasteiger partial charge in [-0.1, -0.05) is 17.7 Å². The lowest BCUT2D eigenvalue weighted by atomic mass is 10.1. The third-order valence-corrected chi connectivity index (χ3v) is 5.52. The summed E-state index contributed by atoms with van der Waals surface area (Å²) in [6.45, 7) is 2.00. The van der Waals surface area contributed by atoms with Gasteiger partial charge in [-0.3, -0.25) is 9.59 Å². The fraction of sp³-hybridized carbons (Fsp3) is 0.200. The Morgan fingerprint density at radius 1 is 1.25 bits per heavy atom. The van der Waals surface area contributed by atoms with Crippen molar-refractivity contribution in [2.75, 3.05) is 11.1 Å². The molecule has 0 unspecified atom stereocenters. The first-order valence-electron chi connectivity index (χ1n) is 6.31. The van der Waals surface area contributed by atoms with Crippen molar-refractivity contribution in [1.82, 2.24) is 0 Å². The van der Waals surface area contributed by atoms with Gasteiger partial charge in [-0.2, -0.15) is 0 Å². The van der Waals surface area contributed by atoms with Crippen LogP contribution < -0.4 is 5.32 Å². The maximum atomic E-state index is 12.2. The molecule has 20 heavy (non-hydrogen) atoms. The molecule has 1 aliphatic rings. The van der Waals surface area contributed by atoms with Crippen LogP contribution in [-0.2, 0) is 0 Å². The first-order valence-corrected chi connectivity index (χ1v) is 8.11.